The molecule has 0 unspecified atom stereocenters. The number of aliphatic hydroxyl groups is 1. The number of aliphatic hydroxyl groups excluding tert-OH is 1. The fourth-order valence-corrected chi connectivity index (χ4v) is 1.53. The van der Waals surface area contributed by atoms with Gasteiger partial charge in [0, 0.05) is 5.56 Å². The van der Waals surface area contributed by atoms with Crippen molar-refractivity contribution >= 4 is 17.3 Å². The van der Waals surface area contributed by atoms with Gasteiger partial charge in [0.1, 0.15) is 5.76 Å². The van der Waals surface area contributed by atoms with Crippen LogP contribution in [0.1, 0.15) is 29.8 Å². The zero-order valence-electron chi connectivity index (χ0n) is 9.02. The molecule has 0 saturated carbocycles. The van der Waals surface area contributed by atoms with Gasteiger partial charge in [-0.25, -0.2) is 4.79 Å². The van der Waals surface area contributed by atoms with Gasteiger partial charge in [-0.2, -0.15) is 0 Å². The number of rotatable bonds is 3. The van der Waals surface area contributed by atoms with Crippen LogP contribution < -0.4 is 0 Å². The zero-order valence-corrected chi connectivity index (χ0v) is 9.02. The minimum Gasteiger partial charge on any atom is -0.512 e. The number of Topliss-reactive ketones (excluding diaryl/α,β-unsaturated/α-hetero) is 1. The smallest absolute Gasteiger partial charge is 0.336 e. The summed E-state index contributed by atoms with van der Waals surface area (Å²) in [7, 11) is 0. The lowest BCUT2D eigenvalue weighted by molar-refractivity contribution is -0.111. The van der Waals surface area contributed by atoms with Crippen molar-refractivity contribution in [1.29, 1.82) is 0 Å². The maximum Gasteiger partial charge on any atom is 0.336 e. The Kier molecular flexibility index (Phi) is 3.45. The first-order valence-electron chi connectivity index (χ1n) is 4.68. The number of ketones is 1. The standard InChI is InChI=1S/C12H12O4/c1-7(13)11(8(2)14)9-5-3-4-6-10(9)12(15)16/h3-6,13H,1-2H3,(H,15,16). The van der Waals surface area contributed by atoms with E-state index in [0.717, 1.165) is 0 Å². The summed E-state index contributed by atoms with van der Waals surface area (Å²) >= 11 is 0. The van der Waals surface area contributed by atoms with Crippen molar-refractivity contribution in [2.24, 2.45) is 0 Å². The molecule has 4 nitrogen and oxygen atoms in total. The highest BCUT2D eigenvalue weighted by Crippen LogP contribution is 2.22. The van der Waals surface area contributed by atoms with E-state index < -0.39 is 5.97 Å². The molecule has 0 aliphatic rings. The Morgan fingerprint density at radius 3 is 1.88 bits per heavy atom. The van der Waals surface area contributed by atoms with Crippen LogP contribution in [0.2, 0.25) is 0 Å². The van der Waals surface area contributed by atoms with Crippen molar-refractivity contribution in [3.63, 3.8) is 0 Å². The molecule has 0 aliphatic heterocycles. The summed E-state index contributed by atoms with van der Waals surface area (Å²) in [6.45, 7) is 2.64. The van der Waals surface area contributed by atoms with Crippen molar-refractivity contribution in [3.05, 3.63) is 41.2 Å². The monoisotopic (exact) mass is 220 g/mol. The number of benzene rings is 1. The molecule has 0 radical (unpaired) electrons. The molecule has 1 aromatic carbocycles. The zero-order chi connectivity index (χ0) is 12.3. The fraction of sp³-hybridized carbons (Fsp3) is 0.167. The van der Waals surface area contributed by atoms with Crippen LogP contribution in [0.3, 0.4) is 0 Å². The van der Waals surface area contributed by atoms with Gasteiger partial charge in [0.05, 0.1) is 11.1 Å². The highest BCUT2D eigenvalue weighted by molar-refractivity contribution is 6.22. The predicted octanol–water partition coefficient (Wildman–Crippen LogP) is 2.26. The molecule has 0 bridgehead atoms. The first kappa shape index (κ1) is 12.0. The van der Waals surface area contributed by atoms with E-state index in [2.05, 4.69) is 0 Å². The quantitative estimate of drug-likeness (QED) is 0.605. The molecule has 0 fully saturated rings. The average molecular weight is 220 g/mol. The van der Waals surface area contributed by atoms with Gasteiger partial charge in [0.15, 0.2) is 5.78 Å². The summed E-state index contributed by atoms with van der Waals surface area (Å²) in [4.78, 5) is 22.3. The van der Waals surface area contributed by atoms with Crippen molar-refractivity contribution in [2.45, 2.75) is 13.8 Å². The van der Waals surface area contributed by atoms with Crippen LogP contribution in [-0.2, 0) is 4.79 Å². The van der Waals surface area contributed by atoms with E-state index in [1.165, 1.54) is 26.0 Å². The van der Waals surface area contributed by atoms with Gasteiger partial charge in [-0.1, -0.05) is 18.2 Å². The second kappa shape index (κ2) is 4.61. The van der Waals surface area contributed by atoms with E-state index >= 15 is 0 Å². The third kappa shape index (κ3) is 2.28. The van der Waals surface area contributed by atoms with Gasteiger partial charge in [-0.3, -0.25) is 4.79 Å². The van der Waals surface area contributed by atoms with Crippen LogP contribution in [0.5, 0.6) is 0 Å². The molecule has 0 aliphatic carbocycles. The van der Waals surface area contributed by atoms with Crippen LogP contribution in [0.25, 0.3) is 5.57 Å². The number of carbonyl (C=O) groups excluding carboxylic acids is 1. The van der Waals surface area contributed by atoms with E-state index in [1.54, 1.807) is 12.1 Å². The van der Waals surface area contributed by atoms with Gasteiger partial charge in [0.25, 0.3) is 0 Å². The fourth-order valence-electron chi connectivity index (χ4n) is 1.53. The van der Waals surface area contributed by atoms with Crippen molar-refractivity contribution < 1.29 is 19.8 Å². The minimum atomic E-state index is -1.13. The number of carboxylic acids is 1. The number of allylic oxidation sites excluding steroid dienone is 2. The Balaban J connectivity index is 3.49. The molecule has 0 amide bonds. The van der Waals surface area contributed by atoms with Crippen LogP contribution in [0.15, 0.2) is 30.0 Å². The molecule has 0 heterocycles. The summed E-state index contributed by atoms with van der Waals surface area (Å²) in [5.74, 6) is -1.68. The summed E-state index contributed by atoms with van der Waals surface area (Å²) in [5, 5.41) is 18.4. The second-order valence-corrected chi connectivity index (χ2v) is 3.37. The molecular weight excluding hydrogens is 208 g/mol. The maximum atomic E-state index is 11.3. The van der Waals surface area contributed by atoms with Gasteiger partial charge in [0.2, 0.25) is 0 Å². The highest BCUT2D eigenvalue weighted by atomic mass is 16.4. The highest BCUT2D eigenvalue weighted by Gasteiger charge is 2.18. The molecule has 0 atom stereocenters. The number of aromatic carboxylic acids is 1. The molecule has 2 N–H and O–H groups in total. The normalized spacial score (nSPS) is 11.9. The van der Waals surface area contributed by atoms with Gasteiger partial charge in [-0.15, -0.1) is 0 Å². The van der Waals surface area contributed by atoms with E-state index in [1.807, 2.05) is 0 Å². The summed E-state index contributed by atoms with van der Waals surface area (Å²) < 4.78 is 0. The Bertz CT molecular complexity index is 468. The van der Waals surface area contributed by atoms with Crippen LogP contribution in [-0.4, -0.2) is 22.0 Å². The molecule has 84 valence electrons. The van der Waals surface area contributed by atoms with Gasteiger partial charge in [-0.05, 0) is 19.9 Å². The van der Waals surface area contributed by atoms with Gasteiger partial charge < -0.3 is 10.2 Å². The Morgan fingerprint density at radius 2 is 1.50 bits per heavy atom. The molecular formula is C12H12O4. The molecule has 0 saturated heterocycles. The molecule has 0 spiro atoms. The second-order valence-electron chi connectivity index (χ2n) is 3.37. The summed E-state index contributed by atoms with van der Waals surface area (Å²) in [6.07, 6.45) is 0. The Labute approximate surface area is 92.8 Å². The Hall–Kier alpha value is -2.10. The van der Waals surface area contributed by atoms with Crippen LogP contribution in [0, 0.1) is 0 Å². The molecule has 16 heavy (non-hydrogen) atoms. The molecule has 4 heteroatoms. The van der Waals surface area contributed by atoms with E-state index in [4.69, 9.17) is 5.11 Å². The minimum absolute atomic E-state index is 0.00102. The first-order chi connectivity index (χ1) is 7.45. The lowest BCUT2D eigenvalue weighted by Gasteiger charge is -2.08. The van der Waals surface area contributed by atoms with Crippen molar-refractivity contribution in [3.8, 4) is 0 Å². The molecule has 1 aromatic rings. The third-order valence-corrected chi connectivity index (χ3v) is 2.14. The van der Waals surface area contributed by atoms with E-state index in [0.29, 0.717) is 0 Å². The first-order valence-corrected chi connectivity index (χ1v) is 4.68. The van der Waals surface area contributed by atoms with E-state index in [-0.39, 0.29) is 28.2 Å². The molecule has 0 aromatic heterocycles. The third-order valence-electron chi connectivity index (χ3n) is 2.14. The molecule has 1 rings (SSSR count). The number of carbonyl (C=O) groups is 2. The topological polar surface area (TPSA) is 74.6 Å². The van der Waals surface area contributed by atoms with Gasteiger partial charge >= 0.3 is 5.97 Å². The van der Waals surface area contributed by atoms with Crippen LogP contribution >= 0.6 is 0 Å². The predicted molar refractivity (Wildman–Crippen MR) is 59.3 cm³/mol. The van der Waals surface area contributed by atoms with Crippen LogP contribution in [0.4, 0.5) is 0 Å². The summed E-state index contributed by atoms with van der Waals surface area (Å²) in [5.41, 5.74) is 0.279. The number of hydrogen-bond acceptors (Lipinski definition) is 3. The van der Waals surface area contributed by atoms with Crippen molar-refractivity contribution in [1.82, 2.24) is 0 Å². The largest absolute Gasteiger partial charge is 0.512 e. The SMILES string of the molecule is CC(=O)C(=C(C)O)c1ccccc1C(=O)O. The number of hydrogen-bond donors (Lipinski definition) is 2. The lowest BCUT2D eigenvalue weighted by atomic mass is 9.96. The maximum absolute atomic E-state index is 11.3. The number of carboxylic acid groups (broad SMARTS) is 1. The van der Waals surface area contributed by atoms with E-state index in [9.17, 15) is 14.7 Å². The Morgan fingerprint density at radius 1 is 1.00 bits per heavy atom. The average Bonchev–Trinajstić information content (AvgIpc) is 2.17. The summed E-state index contributed by atoms with van der Waals surface area (Å²) in [6, 6.07) is 6.08. The lowest BCUT2D eigenvalue weighted by Crippen LogP contribution is -2.07. The van der Waals surface area contributed by atoms with Crippen molar-refractivity contribution in [2.75, 3.05) is 0 Å².